The number of carbonyl (C=O) groups excluding carboxylic acids is 1. The predicted octanol–water partition coefficient (Wildman–Crippen LogP) is 2.15. The van der Waals surface area contributed by atoms with Crippen molar-refractivity contribution in [2.24, 2.45) is 17.3 Å². The summed E-state index contributed by atoms with van der Waals surface area (Å²) in [4.78, 5) is 17.6. The van der Waals surface area contributed by atoms with E-state index in [2.05, 4.69) is 9.80 Å². The highest BCUT2D eigenvalue weighted by atomic mass is 16.5. The molecule has 1 spiro atoms. The Morgan fingerprint density at radius 1 is 1.16 bits per heavy atom. The van der Waals surface area contributed by atoms with Gasteiger partial charge in [0.1, 0.15) is 0 Å². The molecule has 0 aromatic rings. The summed E-state index contributed by atoms with van der Waals surface area (Å²) in [6.07, 6.45) is 8.24. The van der Waals surface area contributed by atoms with Gasteiger partial charge in [-0.25, -0.2) is 0 Å². The molecule has 3 heterocycles. The van der Waals surface area contributed by atoms with E-state index in [1.165, 1.54) is 45.2 Å². The fourth-order valence-corrected chi connectivity index (χ4v) is 5.22. The van der Waals surface area contributed by atoms with Gasteiger partial charge in [-0.2, -0.15) is 0 Å². The van der Waals surface area contributed by atoms with Crippen LogP contribution in [0.5, 0.6) is 0 Å². The SMILES string of the molecule is COCC1CC2(CCN(C(=O)C3CCOCC3)CC2)CN1CC1CC1. The molecule has 5 heteroatoms. The second-order valence-electron chi connectivity index (χ2n) is 8.90. The number of amides is 1. The van der Waals surface area contributed by atoms with E-state index in [0.29, 0.717) is 17.4 Å². The largest absolute Gasteiger partial charge is 0.383 e. The molecule has 0 N–H and O–H groups in total. The molecule has 142 valence electrons. The van der Waals surface area contributed by atoms with E-state index in [1.807, 2.05) is 7.11 Å². The maximum atomic E-state index is 12.8. The Labute approximate surface area is 152 Å². The summed E-state index contributed by atoms with van der Waals surface area (Å²) in [6.45, 7) is 6.75. The fourth-order valence-electron chi connectivity index (χ4n) is 5.22. The third kappa shape index (κ3) is 4.04. The lowest BCUT2D eigenvalue weighted by atomic mass is 9.76. The first kappa shape index (κ1) is 17.7. The number of likely N-dealkylation sites (tertiary alicyclic amines) is 2. The lowest BCUT2D eigenvalue weighted by Crippen LogP contribution is -2.47. The molecule has 1 atom stereocenters. The number of rotatable bonds is 5. The Kier molecular flexibility index (Phi) is 5.35. The number of hydrogen-bond donors (Lipinski definition) is 0. The molecule has 1 unspecified atom stereocenters. The molecular weight excluding hydrogens is 316 g/mol. The van der Waals surface area contributed by atoms with E-state index in [4.69, 9.17) is 9.47 Å². The van der Waals surface area contributed by atoms with Gasteiger partial charge in [-0.3, -0.25) is 9.69 Å². The molecule has 5 nitrogen and oxygen atoms in total. The molecule has 3 aliphatic heterocycles. The van der Waals surface area contributed by atoms with Gasteiger partial charge < -0.3 is 14.4 Å². The first-order valence-corrected chi connectivity index (χ1v) is 10.3. The Hall–Kier alpha value is -0.650. The lowest BCUT2D eigenvalue weighted by molar-refractivity contribution is -0.140. The topological polar surface area (TPSA) is 42.0 Å². The number of nitrogens with zero attached hydrogens (tertiary/aromatic N) is 2. The van der Waals surface area contributed by atoms with Crippen molar-refractivity contribution in [3.8, 4) is 0 Å². The summed E-state index contributed by atoms with van der Waals surface area (Å²) in [5.74, 6) is 1.53. The monoisotopic (exact) mass is 350 g/mol. The van der Waals surface area contributed by atoms with Crippen LogP contribution >= 0.6 is 0 Å². The minimum atomic E-state index is 0.207. The van der Waals surface area contributed by atoms with Crippen LogP contribution in [-0.4, -0.2) is 74.9 Å². The number of hydrogen-bond acceptors (Lipinski definition) is 4. The van der Waals surface area contributed by atoms with Crippen molar-refractivity contribution in [1.29, 1.82) is 0 Å². The summed E-state index contributed by atoms with van der Waals surface area (Å²) in [7, 11) is 1.83. The number of ether oxygens (including phenoxy) is 2. The van der Waals surface area contributed by atoms with Crippen molar-refractivity contribution >= 4 is 5.91 Å². The second kappa shape index (κ2) is 7.53. The zero-order valence-corrected chi connectivity index (χ0v) is 15.8. The van der Waals surface area contributed by atoms with Gasteiger partial charge >= 0.3 is 0 Å². The summed E-state index contributed by atoms with van der Waals surface area (Å²) < 4.78 is 10.9. The average Bonchev–Trinajstić information content (AvgIpc) is 3.40. The van der Waals surface area contributed by atoms with E-state index < -0.39 is 0 Å². The molecule has 0 aromatic heterocycles. The van der Waals surface area contributed by atoms with Crippen LogP contribution in [0.3, 0.4) is 0 Å². The zero-order valence-electron chi connectivity index (χ0n) is 15.8. The van der Waals surface area contributed by atoms with Gasteiger partial charge in [0.15, 0.2) is 0 Å². The lowest BCUT2D eigenvalue weighted by Gasteiger charge is -2.41. The standard InChI is InChI=1S/C20H34N2O3/c1-24-14-18-12-20(15-22(18)13-16-2-3-16)6-8-21(9-7-20)19(23)17-4-10-25-11-5-17/h16-18H,2-15H2,1H3. The second-order valence-corrected chi connectivity index (χ2v) is 8.90. The first-order valence-electron chi connectivity index (χ1n) is 10.3. The maximum Gasteiger partial charge on any atom is 0.225 e. The third-order valence-corrected chi connectivity index (χ3v) is 6.98. The van der Waals surface area contributed by atoms with Gasteiger partial charge in [-0.05, 0) is 56.3 Å². The van der Waals surface area contributed by atoms with Gasteiger partial charge in [0, 0.05) is 58.5 Å². The van der Waals surface area contributed by atoms with E-state index >= 15 is 0 Å². The van der Waals surface area contributed by atoms with Crippen molar-refractivity contribution in [3.05, 3.63) is 0 Å². The Morgan fingerprint density at radius 3 is 2.52 bits per heavy atom. The van der Waals surface area contributed by atoms with E-state index in [1.54, 1.807) is 0 Å². The molecular formula is C20H34N2O3. The normalized spacial score (nSPS) is 30.9. The third-order valence-electron chi connectivity index (χ3n) is 6.98. The molecule has 1 aliphatic carbocycles. The van der Waals surface area contributed by atoms with Crippen LogP contribution in [0.25, 0.3) is 0 Å². The summed E-state index contributed by atoms with van der Waals surface area (Å²) in [6, 6.07) is 0.586. The summed E-state index contributed by atoms with van der Waals surface area (Å²) in [5, 5.41) is 0. The minimum Gasteiger partial charge on any atom is -0.383 e. The molecule has 1 saturated carbocycles. The predicted molar refractivity (Wildman–Crippen MR) is 96.4 cm³/mol. The van der Waals surface area contributed by atoms with Gasteiger partial charge in [0.25, 0.3) is 0 Å². The van der Waals surface area contributed by atoms with Crippen molar-refractivity contribution in [2.75, 3.05) is 53.1 Å². The van der Waals surface area contributed by atoms with Gasteiger partial charge in [-0.15, -0.1) is 0 Å². The highest BCUT2D eigenvalue weighted by molar-refractivity contribution is 5.79. The van der Waals surface area contributed by atoms with Crippen molar-refractivity contribution in [2.45, 2.75) is 51.0 Å². The number of piperidine rings is 1. The van der Waals surface area contributed by atoms with Crippen molar-refractivity contribution in [3.63, 3.8) is 0 Å². The quantitative estimate of drug-likeness (QED) is 0.762. The molecule has 4 aliphatic rings. The molecule has 3 saturated heterocycles. The molecule has 4 fully saturated rings. The minimum absolute atomic E-state index is 0.207. The summed E-state index contributed by atoms with van der Waals surface area (Å²) in [5.41, 5.74) is 0.421. The molecule has 0 radical (unpaired) electrons. The highest BCUT2D eigenvalue weighted by Gasteiger charge is 2.47. The summed E-state index contributed by atoms with van der Waals surface area (Å²) >= 11 is 0. The molecule has 0 aromatic carbocycles. The molecule has 1 amide bonds. The number of methoxy groups -OCH3 is 1. The molecule has 0 bridgehead atoms. The van der Waals surface area contributed by atoms with Gasteiger partial charge in [0.05, 0.1) is 6.61 Å². The maximum absolute atomic E-state index is 12.8. The highest BCUT2D eigenvalue weighted by Crippen LogP contribution is 2.45. The Balaban J connectivity index is 1.33. The fraction of sp³-hybridized carbons (Fsp3) is 0.950. The van der Waals surface area contributed by atoms with Crippen LogP contribution in [0.4, 0.5) is 0 Å². The van der Waals surface area contributed by atoms with E-state index in [-0.39, 0.29) is 5.92 Å². The van der Waals surface area contributed by atoms with E-state index in [0.717, 1.165) is 51.7 Å². The van der Waals surface area contributed by atoms with Gasteiger partial charge in [-0.1, -0.05) is 0 Å². The van der Waals surface area contributed by atoms with Crippen LogP contribution in [0.2, 0.25) is 0 Å². The smallest absolute Gasteiger partial charge is 0.225 e. The van der Waals surface area contributed by atoms with E-state index in [9.17, 15) is 4.79 Å². The molecule has 25 heavy (non-hydrogen) atoms. The Bertz CT molecular complexity index is 466. The van der Waals surface area contributed by atoms with Gasteiger partial charge in [0.2, 0.25) is 5.91 Å². The van der Waals surface area contributed by atoms with Crippen LogP contribution in [0.15, 0.2) is 0 Å². The van der Waals surface area contributed by atoms with Crippen LogP contribution < -0.4 is 0 Å². The van der Waals surface area contributed by atoms with Crippen molar-refractivity contribution < 1.29 is 14.3 Å². The molecule has 4 rings (SSSR count). The zero-order chi connectivity index (χ0) is 17.3. The number of carbonyl (C=O) groups is 1. The van der Waals surface area contributed by atoms with Crippen LogP contribution in [0.1, 0.15) is 44.9 Å². The van der Waals surface area contributed by atoms with Crippen LogP contribution in [0, 0.1) is 17.3 Å². The first-order chi connectivity index (χ1) is 12.2. The Morgan fingerprint density at radius 2 is 1.88 bits per heavy atom. The van der Waals surface area contributed by atoms with Crippen LogP contribution in [-0.2, 0) is 14.3 Å². The van der Waals surface area contributed by atoms with Crippen molar-refractivity contribution in [1.82, 2.24) is 9.80 Å². The average molecular weight is 351 g/mol.